The summed E-state index contributed by atoms with van der Waals surface area (Å²) < 4.78 is 13.0. The van der Waals surface area contributed by atoms with E-state index in [2.05, 4.69) is 0 Å². The smallest absolute Gasteiger partial charge is 0.123 e. The molecule has 0 heterocycles. The fourth-order valence-electron chi connectivity index (χ4n) is 3.44. The predicted molar refractivity (Wildman–Crippen MR) is 64.1 cm³/mol. The summed E-state index contributed by atoms with van der Waals surface area (Å²) in [5, 5.41) is 0.206. The van der Waals surface area contributed by atoms with Crippen molar-refractivity contribution < 1.29 is 4.39 Å². The maximum Gasteiger partial charge on any atom is 0.123 e. The van der Waals surface area contributed by atoms with Crippen LogP contribution in [0.15, 0.2) is 24.3 Å². The van der Waals surface area contributed by atoms with Gasteiger partial charge in [0.1, 0.15) is 5.82 Å². The monoisotopic (exact) mass is 238 g/mol. The van der Waals surface area contributed by atoms with E-state index in [1.165, 1.54) is 25.3 Å². The van der Waals surface area contributed by atoms with Gasteiger partial charge in [0.25, 0.3) is 0 Å². The lowest BCUT2D eigenvalue weighted by Crippen LogP contribution is -2.10. The molecule has 86 valence electrons. The van der Waals surface area contributed by atoms with Gasteiger partial charge in [-0.15, -0.1) is 11.6 Å². The third-order valence-electron chi connectivity index (χ3n) is 4.21. The molecule has 0 N–H and O–H groups in total. The van der Waals surface area contributed by atoms with Crippen molar-refractivity contribution >= 4 is 11.6 Å². The van der Waals surface area contributed by atoms with Gasteiger partial charge in [-0.2, -0.15) is 0 Å². The first kappa shape index (κ1) is 10.6. The lowest BCUT2D eigenvalue weighted by Gasteiger charge is -2.11. The van der Waals surface area contributed by atoms with E-state index in [9.17, 15) is 4.39 Å². The molecule has 3 rings (SSSR count). The highest BCUT2D eigenvalue weighted by Crippen LogP contribution is 2.60. The first-order valence-corrected chi connectivity index (χ1v) is 6.58. The minimum absolute atomic E-state index is 0.155. The van der Waals surface area contributed by atoms with E-state index < -0.39 is 0 Å². The highest BCUT2D eigenvalue weighted by Gasteiger charge is 2.55. The summed E-state index contributed by atoms with van der Waals surface area (Å²) in [6, 6.07) is 6.82. The Bertz CT molecular complexity index is 380. The maximum absolute atomic E-state index is 13.0. The quantitative estimate of drug-likeness (QED) is 0.698. The van der Waals surface area contributed by atoms with Crippen molar-refractivity contribution in [1.29, 1.82) is 0 Å². The zero-order valence-corrected chi connectivity index (χ0v) is 9.96. The molecule has 2 heteroatoms. The Morgan fingerprint density at radius 1 is 1.31 bits per heavy atom. The van der Waals surface area contributed by atoms with Gasteiger partial charge in [0, 0.05) is 5.38 Å². The van der Waals surface area contributed by atoms with Gasteiger partial charge in [0.2, 0.25) is 0 Å². The van der Waals surface area contributed by atoms with Crippen molar-refractivity contribution in [2.24, 2.45) is 17.8 Å². The Kier molecular flexibility index (Phi) is 2.67. The van der Waals surface area contributed by atoms with E-state index in [0.29, 0.717) is 5.92 Å². The van der Waals surface area contributed by atoms with E-state index in [1.54, 1.807) is 12.1 Å². The number of hydrogen-bond donors (Lipinski definition) is 0. The largest absolute Gasteiger partial charge is 0.207 e. The molecule has 0 spiro atoms. The Labute approximate surface area is 101 Å². The molecule has 0 aliphatic heterocycles. The topological polar surface area (TPSA) is 0 Å². The van der Waals surface area contributed by atoms with Gasteiger partial charge in [0.15, 0.2) is 0 Å². The molecule has 2 aliphatic rings. The van der Waals surface area contributed by atoms with Crippen LogP contribution in [0.3, 0.4) is 0 Å². The fourth-order valence-corrected chi connectivity index (χ4v) is 3.99. The Morgan fingerprint density at radius 2 is 2.06 bits per heavy atom. The molecule has 3 atom stereocenters. The molecular formula is C14H16ClF. The summed E-state index contributed by atoms with van der Waals surface area (Å²) in [4.78, 5) is 0. The van der Waals surface area contributed by atoms with Gasteiger partial charge < -0.3 is 0 Å². The first-order valence-electron chi connectivity index (χ1n) is 6.14. The van der Waals surface area contributed by atoms with E-state index in [4.69, 9.17) is 11.6 Å². The van der Waals surface area contributed by atoms with Gasteiger partial charge in [-0.05, 0) is 54.7 Å². The van der Waals surface area contributed by atoms with Gasteiger partial charge in [-0.25, -0.2) is 4.39 Å². The number of hydrogen-bond acceptors (Lipinski definition) is 0. The zero-order chi connectivity index (χ0) is 11.1. The summed E-state index contributed by atoms with van der Waals surface area (Å²) in [6.45, 7) is 0. The van der Waals surface area contributed by atoms with Crippen LogP contribution in [0, 0.1) is 23.6 Å². The van der Waals surface area contributed by atoms with Crippen LogP contribution in [0.2, 0.25) is 0 Å². The Morgan fingerprint density at radius 3 is 2.75 bits per heavy atom. The van der Waals surface area contributed by atoms with Crippen molar-refractivity contribution in [3.05, 3.63) is 35.6 Å². The number of fused-ring (bicyclic) bond motifs is 1. The molecular weight excluding hydrogens is 223 g/mol. The number of rotatable bonds is 3. The standard InChI is InChI=1S/C14H16ClF/c15-13(14-11-5-2-6-12(11)14)8-9-3-1-4-10(16)7-9/h1,3-4,7,11-14H,2,5-6,8H2. The van der Waals surface area contributed by atoms with Crippen LogP contribution in [-0.2, 0) is 6.42 Å². The zero-order valence-electron chi connectivity index (χ0n) is 9.20. The third kappa shape index (κ3) is 1.86. The molecule has 1 aromatic carbocycles. The molecule has 2 saturated carbocycles. The molecule has 0 aromatic heterocycles. The van der Waals surface area contributed by atoms with Crippen molar-refractivity contribution in [1.82, 2.24) is 0 Å². The van der Waals surface area contributed by atoms with Crippen LogP contribution >= 0.6 is 11.6 Å². The van der Waals surface area contributed by atoms with Crippen LogP contribution in [-0.4, -0.2) is 5.38 Å². The predicted octanol–water partition coefficient (Wildman–Crippen LogP) is 4.02. The molecule has 0 nitrogen and oxygen atoms in total. The van der Waals surface area contributed by atoms with E-state index in [1.807, 2.05) is 6.07 Å². The van der Waals surface area contributed by atoms with Crippen molar-refractivity contribution in [3.8, 4) is 0 Å². The normalized spacial score (nSPS) is 33.5. The van der Waals surface area contributed by atoms with Gasteiger partial charge in [0.05, 0.1) is 0 Å². The van der Waals surface area contributed by atoms with Crippen molar-refractivity contribution in [2.75, 3.05) is 0 Å². The van der Waals surface area contributed by atoms with Crippen molar-refractivity contribution in [3.63, 3.8) is 0 Å². The highest BCUT2D eigenvalue weighted by atomic mass is 35.5. The van der Waals surface area contributed by atoms with Crippen LogP contribution < -0.4 is 0 Å². The molecule has 2 fully saturated rings. The SMILES string of the molecule is Fc1cccc(CC(Cl)C2C3CCCC32)c1. The van der Waals surface area contributed by atoms with Gasteiger partial charge in [-0.3, -0.25) is 0 Å². The second kappa shape index (κ2) is 4.03. The lowest BCUT2D eigenvalue weighted by molar-refractivity contribution is 0.557. The summed E-state index contributed by atoms with van der Waals surface area (Å²) in [5.74, 6) is 2.32. The number of benzene rings is 1. The van der Waals surface area contributed by atoms with E-state index >= 15 is 0 Å². The molecule has 0 saturated heterocycles. The average Bonchev–Trinajstić information content (AvgIpc) is 2.73. The number of halogens is 2. The molecule has 16 heavy (non-hydrogen) atoms. The third-order valence-corrected chi connectivity index (χ3v) is 4.66. The first-order chi connectivity index (χ1) is 7.75. The van der Waals surface area contributed by atoms with Gasteiger partial charge in [-0.1, -0.05) is 18.6 Å². The molecule has 0 bridgehead atoms. The van der Waals surface area contributed by atoms with Gasteiger partial charge >= 0.3 is 0 Å². The summed E-state index contributed by atoms with van der Waals surface area (Å²) >= 11 is 6.44. The van der Waals surface area contributed by atoms with Crippen LogP contribution in [0.5, 0.6) is 0 Å². The molecule has 3 unspecified atom stereocenters. The summed E-state index contributed by atoms with van der Waals surface area (Å²) in [7, 11) is 0. The molecule has 0 amide bonds. The van der Waals surface area contributed by atoms with Crippen LogP contribution in [0.25, 0.3) is 0 Å². The lowest BCUT2D eigenvalue weighted by atomic mass is 10.0. The Balaban J connectivity index is 1.63. The average molecular weight is 239 g/mol. The fraction of sp³-hybridized carbons (Fsp3) is 0.571. The minimum Gasteiger partial charge on any atom is -0.207 e. The number of alkyl halides is 1. The summed E-state index contributed by atoms with van der Waals surface area (Å²) in [6.07, 6.45) is 4.93. The maximum atomic E-state index is 13.0. The second-order valence-corrected chi connectivity index (χ2v) is 5.75. The summed E-state index contributed by atoms with van der Waals surface area (Å²) in [5.41, 5.74) is 1.03. The van der Waals surface area contributed by atoms with E-state index in [0.717, 1.165) is 23.8 Å². The minimum atomic E-state index is -0.155. The van der Waals surface area contributed by atoms with Crippen molar-refractivity contribution in [2.45, 2.75) is 31.1 Å². The highest BCUT2D eigenvalue weighted by molar-refractivity contribution is 6.21. The van der Waals surface area contributed by atoms with Crippen LogP contribution in [0.4, 0.5) is 4.39 Å². The second-order valence-electron chi connectivity index (χ2n) is 5.19. The van der Waals surface area contributed by atoms with E-state index in [-0.39, 0.29) is 11.2 Å². The molecule has 1 aromatic rings. The van der Waals surface area contributed by atoms with Crippen LogP contribution in [0.1, 0.15) is 24.8 Å². The Hall–Kier alpha value is -0.560. The molecule has 0 radical (unpaired) electrons. The molecule has 2 aliphatic carbocycles.